The van der Waals surface area contributed by atoms with Gasteiger partial charge in [-0.3, -0.25) is 4.79 Å². The second-order valence-corrected chi connectivity index (χ2v) is 7.21. The third kappa shape index (κ3) is 4.29. The van der Waals surface area contributed by atoms with Gasteiger partial charge in [0.2, 0.25) is 18.2 Å². The smallest absolute Gasteiger partial charge is 0.247 e. The number of nitrogens with zero attached hydrogens (tertiary/aromatic N) is 2. The van der Waals surface area contributed by atoms with Gasteiger partial charge in [0.25, 0.3) is 0 Å². The van der Waals surface area contributed by atoms with Crippen LogP contribution in [-0.4, -0.2) is 16.1 Å². The molecule has 6 heteroatoms. The number of carbonyl (C=O) groups is 1. The standard InChI is InChI=1S/C22H17N3O2S/c26-21(24-18-11-7-10-17(14-18)22-25-23-15-27-22)20(16-8-3-1-4-9-16)28-19-12-5-2-6-13-19/h1-15,20H,(H,24,26)/t20-/m0/s1. The van der Waals surface area contributed by atoms with Crippen molar-refractivity contribution in [2.24, 2.45) is 0 Å². The van der Waals surface area contributed by atoms with E-state index in [4.69, 9.17) is 4.42 Å². The molecule has 1 aromatic heterocycles. The molecule has 4 rings (SSSR count). The predicted molar refractivity (Wildman–Crippen MR) is 110 cm³/mol. The maximum Gasteiger partial charge on any atom is 0.247 e. The van der Waals surface area contributed by atoms with Crippen LogP contribution in [-0.2, 0) is 4.79 Å². The zero-order chi connectivity index (χ0) is 19.2. The van der Waals surface area contributed by atoms with Gasteiger partial charge in [0.05, 0.1) is 0 Å². The number of carbonyl (C=O) groups excluding carboxylic acids is 1. The fraction of sp³-hybridized carbons (Fsp3) is 0.0455. The zero-order valence-electron chi connectivity index (χ0n) is 14.9. The largest absolute Gasteiger partial charge is 0.423 e. The Morgan fingerprint density at radius 2 is 1.68 bits per heavy atom. The highest BCUT2D eigenvalue weighted by molar-refractivity contribution is 8.00. The maximum absolute atomic E-state index is 13.1. The Morgan fingerprint density at radius 3 is 2.39 bits per heavy atom. The minimum absolute atomic E-state index is 0.0947. The summed E-state index contributed by atoms with van der Waals surface area (Å²) in [6.07, 6.45) is 1.28. The average molecular weight is 387 g/mol. The number of thioether (sulfide) groups is 1. The first-order chi connectivity index (χ1) is 13.8. The highest BCUT2D eigenvalue weighted by Crippen LogP contribution is 2.36. The highest BCUT2D eigenvalue weighted by atomic mass is 32.2. The number of hydrogen-bond acceptors (Lipinski definition) is 5. The van der Waals surface area contributed by atoms with Crippen LogP contribution in [0.1, 0.15) is 10.8 Å². The van der Waals surface area contributed by atoms with Gasteiger partial charge in [-0.2, -0.15) is 0 Å². The molecule has 0 aliphatic rings. The lowest BCUT2D eigenvalue weighted by molar-refractivity contribution is -0.115. The van der Waals surface area contributed by atoms with Crippen molar-refractivity contribution in [1.82, 2.24) is 10.2 Å². The van der Waals surface area contributed by atoms with E-state index in [0.717, 1.165) is 16.0 Å². The van der Waals surface area contributed by atoms with Crippen molar-refractivity contribution in [3.05, 3.63) is 96.9 Å². The molecule has 1 amide bonds. The van der Waals surface area contributed by atoms with Gasteiger partial charge in [0.1, 0.15) is 5.25 Å². The fourth-order valence-corrected chi connectivity index (χ4v) is 3.82. The molecule has 1 heterocycles. The Morgan fingerprint density at radius 1 is 0.929 bits per heavy atom. The van der Waals surface area contributed by atoms with Crippen LogP contribution in [0.4, 0.5) is 5.69 Å². The lowest BCUT2D eigenvalue weighted by Crippen LogP contribution is -2.19. The summed E-state index contributed by atoms with van der Waals surface area (Å²) in [6.45, 7) is 0. The van der Waals surface area contributed by atoms with E-state index >= 15 is 0 Å². The van der Waals surface area contributed by atoms with Crippen molar-refractivity contribution in [2.75, 3.05) is 5.32 Å². The predicted octanol–water partition coefficient (Wildman–Crippen LogP) is 5.21. The summed E-state index contributed by atoms with van der Waals surface area (Å²) in [5.41, 5.74) is 2.37. The van der Waals surface area contributed by atoms with E-state index in [9.17, 15) is 4.79 Å². The van der Waals surface area contributed by atoms with Gasteiger partial charge in [0.15, 0.2) is 0 Å². The normalized spacial score (nSPS) is 11.7. The topological polar surface area (TPSA) is 68.0 Å². The van der Waals surface area contributed by atoms with Crippen molar-refractivity contribution in [3.63, 3.8) is 0 Å². The molecule has 1 atom stereocenters. The van der Waals surface area contributed by atoms with E-state index in [1.54, 1.807) is 0 Å². The number of rotatable bonds is 6. The molecule has 0 fully saturated rings. The first-order valence-corrected chi connectivity index (χ1v) is 9.62. The summed E-state index contributed by atoms with van der Waals surface area (Å²) < 4.78 is 5.24. The summed E-state index contributed by atoms with van der Waals surface area (Å²) in [4.78, 5) is 14.2. The van der Waals surface area contributed by atoms with Crippen molar-refractivity contribution in [1.29, 1.82) is 0 Å². The number of anilines is 1. The van der Waals surface area contributed by atoms with E-state index in [1.165, 1.54) is 18.2 Å². The second-order valence-electron chi connectivity index (χ2n) is 6.04. The van der Waals surface area contributed by atoms with Crippen LogP contribution in [0.3, 0.4) is 0 Å². The van der Waals surface area contributed by atoms with Crippen molar-refractivity contribution in [3.8, 4) is 11.5 Å². The molecule has 0 saturated heterocycles. The van der Waals surface area contributed by atoms with Crippen molar-refractivity contribution >= 4 is 23.4 Å². The molecule has 28 heavy (non-hydrogen) atoms. The van der Waals surface area contributed by atoms with Gasteiger partial charge in [-0.15, -0.1) is 22.0 Å². The third-order valence-corrected chi connectivity index (χ3v) is 5.34. The molecule has 3 aromatic carbocycles. The Bertz CT molecular complexity index is 1040. The molecule has 0 bridgehead atoms. The number of nitrogens with one attached hydrogen (secondary N) is 1. The maximum atomic E-state index is 13.1. The zero-order valence-corrected chi connectivity index (χ0v) is 15.7. The lowest BCUT2D eigenvalue weighted by atomic mass is 10.1. The molecule has 4 aromatic rings. The van der Waals surface area contributed by atoms with Gasteiger partial charge in [-0.1, -0.05) is 54.6 Å². The minimum Gasteiger partial charge on any atom is -0.423 e. The molecule has 0 radical (unpaired) electrons. The Kier molecular flexibility index (Phi) is 5.49. The number of aromatic nitrogens is 2. The Labute approximate surface area is 166 Å². The summed E-state index contributed by atoms with van der Waals surface area (Å²) in [6, 6.07) is 27.0. The quantitative estimate of drug-likeness (QED) is 0.460. The van der Waals surface area contributed by atoms with Gasteiger partial charge in [-0.25, -0.2) is 0 Å². The summed E-state index contributed by atoms with van der Waals surface area (Å²) >= 11 is 1.52. The highest BCUT2D eigenvalue weighted by Gasteiger charge is 2.22. The Balaban J connectivity index is 1.58. The lowest BCUT2D eigenvalue weighted by Gasteiger charge is -2.17. The molecule has 0 aliphatic carbocycles. The average Bonchev–Trinajstić information content (AvgIpc) is 3.28. The second kappa shape index (κ2) is 8.54. The summed E-state index contributed by atoms with van der Waals surface area (Å²) in [5.74, 6) is 0.317. The molecular weight excluding hydrogens is 370 g/mol. The monoisotopic (exact) mass is 387 g/mol. The molecule has 0 aliphatic heterocycles. The van der Waals surface area contributed by atoms with Crippen LogP contribution in [0.25, 0.3) is 11.5 Å². The molecule has 0 spiro atoms. The molecule has 1 N–H and O–H groups in total. The SMILES string of the molecule is O=C(Nc1cccc(-c2nnco2)c1)[C@@H](Sc1ccccc1)c1ccccc1. The molecule has 0 saturated carbocycles. The minimum atomic E-state index is -0.379. The van der Waals surface area contributed by atoms with E-state index in [2.05, 4.69) is 15.5 Å². The van der Waals surface area contributed by atoms with E-state index in [-0.39, 0.29) is 11.2 Å². The van der Waals surface area contributed by atoms with Gasteiger partial charge < -0.3 is 9.73 Å². The first-order valence-electron chi connectivity index (χ1n) is 8.74. The van der Waals surface area contributed by atoms with Crippen LogP contribution in [0.2, 0.25) is 0 Å². The third-order valence-electron chi connectivity index (χ3n) is 4.07. The van der Waals surface area contributed by atoms with Crippen LogP contribution >= 0.6 is 11.8 Å². The summed E-state index contributed by atoms with van der Waals surface area (Å²) in [7, 11) is 0. The molecule has 0 unspecified atom stereocenters. The van der Waals surface area contributed by atoms with E-state index < -0.39 is 0 Å². The first kappa shape index (κ1) is 18.0. The number of benzene rings is 3. The van der Waals surface area contributed by atoms with Gasteiger partial charge >= 0.3 is 0 Å². The van der Waals surface area contributed by atoms with Crippen LogP contribution in [0.5, 0.6) is 0 Å². The Hall–Kier alpha value is -3.38. The van der Waals surface area contributed by atoms with Crippen molar-refractivity contribution in [2.45, 2.75) is 10.1 Å². The van der Waals surface area contributed by atoms with E-state index in [1.807, 2.05) is 84.9 Å². The van der Waals surface area contributed by atoms with Gasteiger partial charge in [0, 0.05) is 16.1 Å². The van der Waals surface area contributed by atoms with Crippen LogP contribution in [0.15, 0.2) is 101 Å². The summed E-state index contributed by atoms with van der Waals surface area (Å²) in [5, 5.41) is 10.2. The van der Waals surface area contributed by atoms with Crippen LogP contribution < -0.4 is 5.32 Å². The van der Waals surface area contributed by atoms with Crippen molar-refractivity contribution < 1.29 is 9.21 Å². The number of hydrogen-bond donors (Lipinski definition) is 1. The number of amides is 1. The van der Waals surface area contributed by atoms with Gasteiger partial charge in [-0.05, 0) is 35.9 Å². The molecule has 138 valence electrons. The van der Waals surface area contributed by atoms with Crippen LogP contribution in [0, 0.1) is 0 Å². The van der Waals surface area contributed by atoms with E-state index in [0.29, 0.717) is 11.6 Å². The fourth-order valence-electron chi connectivity index (χ4n) is 2.77. The molecule has 5 nitrogen and oxygen atoms in total. The molecular formula is C22H17N3O2S.